The SMILES string of the molecule is COc1ccc(-c2nc(C)c(C(=O)Nc3ncccc3OC)s2)cc1OC. The summed E-state index contributed by atoms with van der Waals surface area (Å²) in [5, 5.41) is 3.49. The number of methoxy groups -OCH3 is 3. The Labute approximate surface area is 161 Å². The van der Waals surface area contributed by atoms with Crippen LogP contribution in [0.2, 0.25) is 0 Å². The molecule has 3 aromatic rings. The van der Waals surface area contributed by atoms with Gasteiger partial charge in [-0.15, -0.1) is 11.3 Å². The maximum atomic E-state index is 12.7. The molecule has 1 aromatic carbocycles. The van der Waals surface area contributed by atoms with Crippen molar-refractivity contribution in [1.29, 1.82) is 0 Å². The molecule has 0 spiro atoms. The fraction of sp³-hybridized carbons (Fsp3) is 0.211. The number of aryl methyl sites for hydroxylation is 1. The average Bonchev–Trinajstić information content (AvgIpc) is 3.09. The molecule has 3 rings (SSSR count). The lowest BCUT2D eigenvalue weighted by atomic mass is 10.2. The predicted molar refractivity (Wildman–Crippen MR) is 104 cm³/mol. The summed E-state index contributed by atoms with van der Waals surface area (Å²) in [4.78, 5) is 21.9. The zero-order chi connectivity index (χ0) is 19.4. The molecular weight excluding hydrogens is 366 g/mol. The van der Waals surface area contributed by atoms with E-state index in [1.807, 2.05) is 18.2 Å². The number of pyridine rings is 1. The fourth-order valence-corrected chi connectivity index (χ4v) is 3.47. The summed E-state index contributed by atoms with van der Waals surface area (Å²) in [5.41, 5.74) is 1.48. The summed E-state index contributed by atoms with van der Waals surface area (Å²) in [5.74, 6) is 1.81. The van der Waals surface area contributed by atoms with Gasteiger partial charge < -0.3 is 19.5 Å². The Hall–Kier alpha value is -3.13. The molecule has 1 N–H and O–H groups in total. The van der Waals surface area contributed by atoms with E-state index in [2.05, 4.69) is 15.3 Å². The lowest BCUT2D eigenvalue weighted by Gasteiger charge is -2.08. The van der Waals surface area contributed by atoms with Crippen LogP contribution in [0.25, 0.3) is 10.6 Å². The van der Waals surface area contributed by atoms with Gasteiger partial charge in [-0.2, -0.15) is 0 Å². The number of nitrogens with one attached hydrogen (secondary N) is 1. The number of nitrogens with zero attached hydrogens (tertiary/aromatic N) is 2. The second-order valence-electron chi connectivity index (χ2n) is 5.51. The van der Waals surface area contributed by atoms with Crippen molar-refractivity contribution in [3.8, 4) is 27.8 Å². The van der Waals surface area contributed by atoms with Crippen molar-refractivity contribution < 1.29 is 19.0 Å². The molecule has 1 amide bonds. The van der Waals surface area contributed by atoms with Crippen molar-refractivity contribution in [3.05, 3.63) is 47.1 Å². The average molecular weight is 385 g/mol. The number of ether oxygens (including phenoxy) is 3. The lowest BCUT2D eigenvalue weighted by Crippen LogP contribution is -2.13. The Morgan fingerprint density at radius 2 is 1.78 bits per heavy atom. The van der Waals surface area contributed by atoms with Crippen LogP contribution in [0, 0.1) is 6.92 Å². The van der Waals surface area contributed by atoms with E-state index in [0.29, 0.717) is 38.6 Å². The summed E-state index contributed by atoms with van der Waals surface area (Å²) in [6, 6.07) is 8.99. The highest BCUT2D eigenvalue weighted by Gasteiger charge is 2.19. The lowest BCUT2D eigenvalue weighted by molar-refractivity contribution is 0.102. The number of rotatable bonds is 6. The minimum atomic E-state index is -0.284. The number of hydrogen-bond acceptors (Lipinski definition) is 7. The van der Waals surface area contributed by atoms with Crippen LogP contribution in [0.4, 0.5) is 5.82 Å². The quantitative estimate of drug-likeness (QED) is 0.695. The zero-order valence-corrected chi connectivity index (χ0v) is 16.2. The Bertz CT molecular complexity index is 971. The van der Waals surface area contributed by atoms with Gasteiger partial charge in [0.1, 0.15) is 9.88 Å². The molecule has 0 saturated carbocycles. The van der Waals surface area contributed by atoms with Crippen LogP contribution in [0.15, 0.2) is 36.5 Å². The van der Waals surface area contributed by atoms with E-state index in [4.69, 9.17) is 14.2 Å². The highest BCUT2D eigenvalue weighted by molar-refractivity contribution is 7.17. The third-order valence-electron chi connectivity index (χ3n) is 3.86. The number of hydrogen-bond donors (Lipinski definition) is 1. The van der Waals surface area contributed by atoms with Gasteiger partial charge >= 0.3 is 0 Å². The molecule has 140 valence electrons. The van der Waals surface area contributed by atoms with Crippen molar-refractivity contribution in [2.45, 2.75) is 6.92 Å². The second kappa shape index (κ2) is 8.05. The van der Waals surface area contributed by atoms with E-state index >= 15 is 0 Å². The summed E-state index contributed by atoms with van der Waals surface area (Å²) in [7, 11) is 4.69. The van der Waals surface area contributed by atoms with Gasteiger partial charge in [0.25, 0.3) is 5.91 Å². The molecule has 0 atom stereocenters. The van der Waals surface area contributed by atoms with E-state index in [1.165, 1.54) is 18.4 Å². The molecule has 0 aliphatic rings. The largest absolute Gasteiger partial charge is 0.493 e. The molecule has 2 aromatic heterocycles. The number of aromatic nitrogens is 2. The molecule has 27 heavy (non-hydrogen) atoms. The standard InChI is InChI=1S/C19H19N3O4S/c1-11-16(18(23)22-17-14(25-3)6-5-9-20-17)27-19(21-11)12-7-8-13(24-2)15(10-12)26-4/h5-10H,1-4H3,(H,20,22,23). The number of benzene rings is 1. The van der Waals surface area contributed by atoms with Crippen molar-refractivity contribution in [3.63, 3.8) is 0 Å². The maximum absolute atomic E-state index is 12.7. The molecule has 0 unspecified atom stereocenters. The van der Waals surface area contributed by atoms with Gasteiger partial charge in [-0.3, -0.25) is 4.79 Å². The van der Waals surface area contributed by atoms with Crippen molar-refractivity contribution in [1.82, 2.24) is 9.97 Å². The molecule has 0 radical (unpaired) electrons. The molecule has 0 aliphatic carbocycles. The fourth-order valence-electron chi connectivity index (χ4n) is 2.51. The first-order chi connectivity index (χ1) is 13.1. The Balaban J connectivity index is 1.89. The normalized spacial score (nSPS) is 10.4. The molecule has 0 bridgehead atoms. The van der Waals surface area contributed by atoms with Crippen molar-refractivity contribution in [2.24, 2.45) is 0 Å². The molecule has 7 nitrogen and oxygen atoms in total. The van der Waals surface area contributed by atoms with Gasteiger partial charge in [-0.05, 0) is 37.3 Å². The third kappa shape index (κ3) is 3.85. The van der Waals surface area contributed by atoms with E-state index in [1.54, 1.807) is 39.5 Å². The Morgan fingerprint density at radius 3 is 2.48 bits per heavy atom. The van der Waals surface area contributed by atoms with Gasteiger partial charge in [0.05, 0.1) is 27.0 Å². The van der Waals surface area contributed by atoms with Gasteiger partial charge in [0.15, 0.2) is 23.1 Å². The topological polar surface area (TPSA) is 82.6 Å². The molecule has 0 aliphatic heterocycles. The molecule has 0 fully saturated rings. The van der Waals surface area contributed by atoms with Crippen LogP contribution in [0.3, 0.4) is 0 Å². The molecular formula is C19H19N3O4S. The Morgan fingerprint density at radius 1 is 1.04 bits per heavy atom. The van der Waals surface area contributed by atoms with Crippen molar-refractivity contribution in [2.75, 3.05) is 26.6 Å². The molecule has 0 saturated heterocycles. The number of carbonyl (C=O) groups excluding carboxylic acids is 1. The minimum Gasteiger partial charge on any atom is -0.493 e. The van der Waals surface area contributed by atoms with Crippen LogP contribution in [0.5, 0.6) is 17.2 Å². The molecule has 2 heterocycles. The van der Waals surface area contributed by atoms with Crippen LogP contribution < -0.4 is 19.5 Å². The third-order valence-corrected chi connectivity index (χ3v) is 5.06. The summed E-state index contributed by atoms with van der Waals surface area (Å²) < 4.78 is 15.8. The Kier molecular flexibility index (Phi) is 5.56. The van der Waals surface area contributed by atoms with E-state index in [0.717, 1.165) is 5.56 Å². The van der Waals surface area contributed by atoms with Crippen LogP contribution in [-0.4, -0.2) is 37.2 Å². The van der Waals surface area contributed by atoms with Crippen LogP contribution >= 0.6 is 11.3 Å². The predicted octanol–water partition coefficient (Wildman–Crippen LogP) is 3.79. The van der Waals surface area contributed by atoms with Crippen molar-refractivity contribution >= 4 is 23.1 Å². The first kappa shape index (κ1) is 18.7. The van der Waals surface area contributed by atoms with Gasteiger partial charge in [-0.25, -0.2) is 9.97 Å². The monoisotopic (exact) mass is 385 g/mol. The number of anilines is 1. The smallest absolute Gasteiger partial charge is 0.268 e. The van der Waals surface area contributed by atoms with Crippen LogP contribution in [0.1, 0.15) is 15.4 Å². The van der Waals surface area contributed by atoms with E-state index in [9.17, 15) is 4.79 Å². The number of amides is 1. The van der Waals surface area contributed by atoms with Crippen LogP contribution in [-0.2, 0) is 0 Å². The summed E-state index contributed by atoms with van der Waals surface area (Å²) in [6.07, 6.45) is 1.59. The number of thiazole rings is 1. The van der Waals surface area contributed by atoms with E-state index in [-0.39, 0.29) is 5.91 Å². The highest BCUT2D eigenvalue weighted by Crippen LogP contribution is 2.35. The van der Waals surface area contributed by atoms with Gasteiger partial charge in [0, 0.05) is 11.8 Å². The summed E-state index contributed by atoms with van der Waals surface area (Å²) >= 11 is 1.30. The van der Waals surface area contributed by atoms with E-state index < -0.39 is 0 Å². The first-order valence-electron chi connectivity index (χ1n) is 8.07. The highest BCUT2D eigenvalue weighted by atomic mass is 32.1. The first-order valence-corrected chi connectivity index (χ1v) is 8.89. The van der Waals surface area contributed by atoms with Gasteiger partial charge in [-0.1, -0.05) is 0 Å². The molecule has 8 heteroatoms. The summed E-state index contributed by atoms with van der Waals surface area (Å²) in [6.45, 7) is 1.80. The number of carbonyl (C=O) groups is 1. The second-order valence-corrected chi connectivity index (χ2v) is 6.51. The zero-order valence-electron chi connectivity index (χ0n) is 15.4. The van der Waals surface area contributed by atoms with Gasteiger partial charge in [0.2, 0.25) is 0 Å². The maximum Gasteiger partial charge on any atom is 0.268 e. The minimum absolute atomic E-state index is 0.284.